The van der Waals surface area contributed by atoms with Gasteiger partial charge < -0.3 is 5.32 Å². The highest BCUT2D eigenvalue weighted by Crippen LogP contribution is 2.31. The first kappa shape index (κ1) is 18.2. The van der Waals surface area contributed by atoms with Crippen LogP contribution in [0, 0.1) is 0 Å². The van der Waals surface area contributed by atoms with E-state index in [4.69, 9.17) is 23.2 Å². The number of nitrogens with one attached hydrogen (secondary N) is 2. The first-order chi connectivity index (χ1) is 11.3. The fraction of sp³-hybridized carbons (Fsp3) is 0.333. The standard InChI is InChI=1S/C15H15Cl2N3O4/c1-2-3-4-18-15(24)19-12(21)7-20-13(22)8-5-10(16)11(17)6-9(8)14(20)23/h5-6H,2-4,7H2,1H3,(H2,18,19,21,24). The van der Waals surface area contributed by atoms with Crippen LogP contribution in [-0.2, 0) is 4.79 Å². The van der Waals surface area contributed by atoms with Crippen molar-refractivity contribution in [2.45, 2.75) is 19.8 Å². The number of urea groups is 1. The number of carbonyl (C=O) groups excluding carboxylic acids is 4. The molecule has 0 unspecified atom stereocenters. The molecule has 0 aromatic heterocycles. The molecule has 0 saturated heterocycles. The van der Waals surface area contributed by atoms with Gasteiger partial charge in [-0.1, -0.05) is 36.5 Å². The van der Waals surface area contributed by atoms with Gasteiger partial charge in [-0.05, 0) is 18.6 Å². The molecule has 1 aromatic rings. The third-order valence-corrected chi connectivity index (χ3v) is 4.10. The third kappa shape index (κ3) is 3.85. The zero-order valence-corrected chi connectivity index (χ0v) is 14.3. The molecule has 0 atom stereocenters. The number of fused-ring (bicyclic) bond motifs is 1. The van der Waals surface area contributed by atoms with E-state index < -0.39 is 30.3 Å². The molecule has 7 nitrogen and oxygen atoms in total. The van der Waals surface area contributed by atoms with Crippen LogP contribution in [0.4, 0.5) is 4.79 Å². The van der Waals surface area contributed by atoms with Crippen LogP contribution in [0.3, 0.4) is 0 Å². The molecule has 2 N–H and O–H groups in total. The van der Waals surface area contributed by atoms with E-state index in [0.717, 1.165) is 17.7 Å². The van der Waals surface area contributed by atoms with Crippen LogP contribution in [0.5, 0.6) is 0 Å². The van der Waals surface area contributed by atoms with E-state index in [0.29, 0.717) is 6.54 Å². The van der Waals surface area contributed by atoms with Crippen molar-refractivity contribution in [2.24, 2.45) is 0 Å². The summed E-state index contributed by atoms with van der Waals surface area (Å²) in [5, 5.41) is 4.84. The molecular formula is C15H15Cl2N3O4. The maximum Gasteiger partial charge on any atom is 0.321 e. The molecule has 2 rings (SSSR count). The van der Waals surface area contributed by atoms with E-state index in [1.165, 1.54) is 12.1 Å². The Bertz CT molecular complexity index is 680. The molecule has 128 valence electrons. The van der Waals surface area contributed by atoms with Crippen LogP contribution in [-0.4, -0.2) is 41.7 Å². The van der Waals surface area contributed by atoms with Crippen LogP contribution in [0.1, 0.15) is 40.5 Å². The number of hydrogen-bond donors (Lipinski definition) is 2. The summed E-state index contributed by atoms with van der Waals surface area (Å²) in [6, 6.07) is 1.90. The number of imide groups is 2. The van der Waals surface area contributed by atoms with E-state index >= 15 is 0 Å². The summed E-state index contributed by atoms with van der Waals surface area (Å²) in [4.78, 5) is 48.5. The number of hydrogen-bond acceptors (Lipinski definition) is 4. The van der Waals surface area contributed by atoms with Crippen LogP contribution in [0.25, 0.3) is 0 Å². The number of nitrogens with zero attached hydrogens (tertiary/aromatic N) is 1. The average molecular weight is 372 g/mol. The molecule has 0 aliphatic carbocycles. The van der Waals surface area contributed by atoms with Gasteiger partial charge in [-0.15, -0.1) is 0 Å². The molecule has 24 heavy (non-hydrogen) atoms. The van der Waals surface area contributed by atoms with Crippen molar-refractivity contribution < 1.29 is 19.2 Å². The van der Waals surface area contributed by atoms with Crippen molar-refractivity contribution in [3.8, 4) is 0 Å². The second kappa shape index (κ2) is 7.63. The zero-order valence-electron chi connectivity index (χ0n) is 12.8. The van der Waals surface area contributed by atoms with Gasteiger partial charge in [0.05, 0.1) is 21.2 Å². The van der Waals surface area contributed by atoms with Gasteiger partial charge in [0.2, 0.25) is 5.91 Å². The SMILES string of the molecule is CCCCNC(=O)NC(=O)CN1C(=O)c2cc(Cl)c(Cl)cc2C1=O. The highest BCUT2D eigenvalue weighted by atomic mass is 35.5. The molecule has 9 heteroatoms. The lowest BCUT2D eigenvalue weighted by atomic mass is 10.1. The topological polar surface area (TPSA) is 95.6 Å². The van der Waals surface area contributed by atoms with Gasteiger partial charge in [-0.3, -0.25) is 24.6 Å². The minimum atomic E-state index is -0.768. The summed E-state index contributed by atoms with van der Waals surface area (Å²) in [5.41, 5.74) is 0.157. The summed E-state index contributed by atoms with van der Waals surface area (Å²) in [6.45, 7) is 1.83. The van der Waals surface area contributed by atoms with Crippen LogP contribution in [0.2, 0.25) is 10.0 Å². The molecule has 0 bridgehead atoms. The largest absolute Gasteiger partial charge is 0.338 e. The lowest BCUT2D eigenvalue weighted by molar-refractivity contribution is -0.120. The van der Waals surface area contributed by atoms with Gasteiger partial charge in [-0.2, -0.15) is 0 Å². The number of carbonyl (C=O) groups is 4. The Balaban J connectivity index is 2.01. The molecule has 1 aliphatic rings. The maximum atomic E-state index is 12.2. The number of unbranched alkanes of at least 4 members (excludes halogenated alkanes) is 1. The van der Waals surface area contributed by atoms with Crippen LogP contribution < -0.4 is 10.6 Å². The molecule has 0 radical (unpaired) electrons. The summed E-state index contributed by atoms with van der Waals surface area (Å²) < 4.78 is 0. The summed E-state index contributed by atoms with van der Waals surface area (Å²) >= 11 is 11.7. The quantitative estimate of drug-likeness (QED) is 0.612. The first-order valence-corrected chi connectivity index (χ1v) is 8.03. The van der Waals surface area contributed by atoms with E-state index in [2.05, 4.69) is 10.6 Å². The van der Waals surface area contributed by atoms with Crippen LogP contribution in [0.15, 0.2) is 12.1 Å². The fourth-order valence-corrected chi connectivity index (χ4v) is 2.49. The molecule has 5 amide bonds. The lowest BCUT2D eigenvalue weighted by Crippen LogP contribution is -2.46. The smallest absolute Gasteiger partial charge is 0.321 e. The molecule has 1 heterocycles. The average Bonchev–Trinajstić information content (AvgIpc) is 2.73. The second-order valence-electron chi connectivity index (χ2n) is 5.17. The van der Waals surface area contributed by atoms with E-state index in [1.54, 1.807) is 0 Å². The van der Waals surface area contributed by atoms with Crippen molar-refractivity contribution in [1.82, 2.24) is 15.5 Å². The van der Waals surface area contributed by atoms with Gasteiger partial charge in [0.15, 0.2) is 0 Å². The number of benzene rings is 1. The third-order valence-electron chi connectivity index (χ3n) is 3.38. The molecule has 0 spiro atoms. The van der Waals surface area contributed by atoms with Crippen molar-refractivity contribution in [2.75, 3.05) is 13.1 Å². The number of halogens is 2. The Hall–Kier alpha value is -2.12. The molecular weight excluding hydrogens is 357 g/mol. The summed E-state index contributed by atoms with van der Waals surface area (Å²) in [7, 11) is 0. The zero-order chi connectivity index (χ0) is 17.9. The van der Waals surface area contributed by atoms with Gasteiger partial charge in [-0.25, -0.2) is 4.79 Å². The second-order valence-corrected chi connectivity index (χ2v) is 5.98. The van der Waals surface area contributed by atoms with Crippen molar-refractivity contribution in [1.29, 1.82) is 0 Å². The minimum Gasteiger partial charge on any atom is -0.338 e. The molecule has 0 saturated carbocycles. The van der Waals surface area contributed by atoms with Gasteiger partial charge in [0.25, 0.3) is 11.8 Å². The molecule has 1 aromatic carbocycles. The molecule has 1 aliphatic heterocycles. The van der Waals surface area contributed by atoms with E-state index in [-0.39, 0.29) is 21.2 Å². The maximum absolute atomic E-state index is 12.2. The Labute approximate surface area is 148 Å². The Morgan fingerprint density at radius 2 is 1.62 bits per heavy atom. The Morgan fingerprint density at radius 1 is 1.08 bits per heavy atom. The Morgan fingerprint density at radius 3 is 2.12 bits per heavy atom. The monoisotopic (exact) mass is 371 g/mol. The number of amides is 5. The van der Waals surface area contributed by atoms with Crippen molar-refractivity contribution in [3.63, 3.8) is 0 Å². The van der Waals surface area contributed by atoms with Gasteiger partial charge >= 0.3 is 6.03 Å². The van der Waals surface area contributed by atoms with Gasteiger partial charge in [0.1, 0.15) is 6.54 Å². The highest BCUT2D eigenvalue weighted by Gasteiger charge is 2.37. The van der Waals surface area contributed by atoms with E-state index in [1.807, 2.05) is 6.92 Å². The van der Waals surface area contributed by atoms with Crippen LogP contribution >= 0.6 is 23.2 Å². The lowest BCUT2D eigenvalue weighted by Gasteiger charge is -2.13. The Kier molecular flexibility index (Phi) is 5.80. The summed E-state index contributed by atoms with van der Waals surface area (Å²) in [5.74, 6) is -2.08. The molecule has 0 fully saturated rings. The normalized spacial score (nSPS) is 13.0. The van der Waals surface area contributed by atoms with Crippen molar-refractivity contribution >= 4 is 47.0 Å². The predicted octanol–water partition coefficient (Wildman–Crippen LogP) is 2.22. The van der Waals surface area contributed by atoms with Crippen molar-refractivity contribution in [3.05, 3.63) is 33.3 Å². The van der Waals surface area contributed by atoms with E-state index in [9.17, 15) is 19.2 Å². The van der Waals surface area contributed by atoms with Gasteiger partial charge in [0, 0.05) is 6.54 Å². The number of rotatable bonds is 5. The highest BCUT2D eigenvalue weighted by molar-refractivity contribution is 6.43. The fourth-order valence-electron chi connectivity index (χ4n) is 2.16. The first-order valence-electron chi connectivity index (χ1n) is 7.28. The predicted molar refractivity (Wildman–Crippen MR) is 88.3 cm³/mol. The minimum absolute atomic E-state index is 0.0783. The summed E-state index contributed by atoms with van der Waals surface area (Å²) in [6.07, 6.45) is 1.68.